The van der Waals surface area contributed by atoms with Crippen LogP contribution >= 0.6 is 0 Å². The van der Waals surface area contributed by atoms with E-state index in [-0.39, 0.29) is 6.61 Å². The molecule has 19 heavy (non-hydrogen) atoms. The van der Waals surface area contributed by atoms with Crippen molar-refractivity contribution < 1.29 is 19.6 Å². The fourth-order valence-electron chi connectivity index (χ4n) is 3.63. The summed E-state index contributed by atoms with van der Waals surface area (Å²) >= 11 is 0. The zero-order chi connectivity index (χ0) is 13.5. The van der Waals surface area contributed by atoms with Crippen molar-refractivity contribution in [2.45, 2.75) is 38.6 Å². The molecule has 1 aliphatic heterocycles. The summed E-state index contributed by atoms with van der Waals surface area (Å²) in [6.07, 6.45) is 5.79. The normalized spacial score (nSPS) is 36.3. The standard InChI is InChI=1S/C15H30N2O2/c1-14-2-4-15(5-3-14)17-8-6-16(7-9-17)10-12-19-13-11-18/h14-15,18H,2-13H2,1H3/p+2. The van der Waals surface area contributed by atoms with Crippen molar-refractivity contribution in [3.05, 3.63) is 0 Å². The summed E-state index contributed by atoms with van der Waals surface area (Å²) in [5.41, 5.74) is 0. The second-order valence-electron chi connectivity index (χ2n) is 6.45. The molecule has 2 aliphatic rings. The molecule has 1 saturated carbocycles. The van der Waals surface area contributed by atoms with Gasteiger partial charge in [-0.05, 0) is 31.6 Å². The van der Waals surface area contributed by atoms with Gasteiger partial charge in [0.05, 0.1) is 25.9 Å². The van der Waals surface area contributed by atoms with Crippen LogP contribution in [0, 0.1) is 5.92 Å². The molecule has 1 heterocycles. The van der Waals surface area contributed by atoms with Gasteiger partial charge in [0.15, 0.2) is 0 Å². The molecule has 0 spiro atoms. The largest absolute Gasteiger partial charge is 0.394 e. The molecule has 4 heteroatoms. The highest BCUT2D eigenvalue weighted by atomic mass is 16.5. The molecule has 4 nitrogen and oxygen atoms in total. The van der Waals surface area contributed by atoms with Gasteiger partial charge < -0.3 is 19.6 Å². The number of nitrogens with one attached hydrogen (secondary N) is 2. The third kappa shape index (κ3) is 5.03. The van der Waals surface area contributed by atoms with Crippen LogP contribution in [0.3, 0.4) is 0 Å². The molecule has 1 aliphatic carbocycles. The second kappa shape index (κ2) is 8.20. The first-order valence-corrected chi connectivity index (χ1v) is 8.16. The summed E-state index contributed by atoms with van der Waals surface area (Å²) < 4.78 is 5.36. The minimum Gasteiger partial charge on any atom is -0.394 e. The number of rotatable bonds is 6. The van der Waals surface area contributed by atoms with Crippen molar-refractivity contribution in [3.63, 3.8) is 0 Å². The zero-order valence-electron chi connectivity index (χ0n) is 12.5. The summed E-state index contributed by atoms with van der Waals surface area (Å²) in [7, 11) is 0. The molecule has 0 aromatic rings. The number of quaternary nitrogens is 2. The van der Waals surface area contributed by atoms with E-state index in [0.717, 1.165) is 25.1 Å². The minimum atomic E-state index is 0.146. The van der Waals surface area contributed by atoms with Crippen LogP contribution in [-0.2, 0) is 4.74 Å². The van der Waals surface area contributed by atoms with Crippen LogP contribution in [0.1, 0.15) is 32.6 Å². The molecule has 2 rings (SSSR count). The van der Waals surface area contributed by atoms with Gasteiger partial charge in [-0.15, -0.1) is 0 Å². The fraction of sp³-hybridized carbons (Fsp3) is 1.00. The molecule has 3 N–H and O–H groups in total. The molecule has 0 amide bonds. The molecule has 0 aromatic carbocycles. The lowest BCUT2D eigenvalue weighted by atomic mass is 9.86. The third-order valence-electron chi connectivity index (χ3n) is 5.03. The van der Waals surface area contributed by atoms with Crippen LogP contribution in [0.4, 0.5) is 0 Å². The monoisotopic (exact) mass is 272 g/mol. The van der Waals surface area contributed by atoms with Crippen LogP contribution in [0.25, 0.3) is 0 Å². The first-order valence-electron chi connectivity index (χ1n) is 8.16. The molecular weight excluding hydrogens is 240 g/mol. The van der Waals surface area contributed by atoms with Crippen LogP contribution in [0.2, 0.25) is 0 Å². The Balaban J connectivity index is 1.59. The second-order valence-corrected chi connectivity index (χ2v) is 6.45. The highest BCUT2D eigenvalue weighted by Gasteiger charge is 2.31. The summed E-state index contributed by atoms with van der Waals surface area (Å²) in [4.78, 5) is 3.55. The van der Waals surface area contributed by atoms with Crippen molar-refractivity contribution in [1.29, 1.82) is 0 Å². The Labute approximate surface area is 117 Å². The molecular formula is C15H32N2O2+2. The van der Waals surface area contributed by atoms with Crippen molar-refractivity contribution in [1.82, 2.24) is 0 Å². The maximum Gasteiger partial charge on any atom is 0.127 e. The van der Waals surface area contributed by atoms with E-state index in [1.165, 1.54) is 51.9 Å². The Morgan fingerprint density at radius 2 is 1.68 bits per heavy atom. The predicted molar refractivity (Wildman–Crippen MR) is 75.6 cm³/mol. The summed E-state index contributed by atoms with van der Waals surface area (Å²) in [5.74, 6) is 0.964. The maximum atomic E-state index is 8.67. The Morgan fingerprint density at radius 3 is 2.32 bits per heavy atom. The van der Waals surface area contributed by atoms with Gasteiger partial charge in [0.1, 0.15) is 32.7 Å². The van der Waals surface area contributed by atoms with E-state index in [2.05, 4.69) is 6.92 Å². The number of ether oxygens (including phenoxy) is 1. The van der Waals surface area contributed by atoms with Crippen LogP contribution in [0.5, 0.6) is 0 Å². The molecule has 112 valence electrons. The number of aliphatic hydroxyl groups is 1. The fourth-order valence-corrected chi connectivity index (χ4v) is 3.63. The van der Waals surface area contributed by atoms with Crippen molar-refractivity contribution in [3.8, 4) is 0 Å². The Kier molecular flexibility index (Phi) is 6.57. The third-order valence-corrected chi connectivity index (χ3v) is 5.03. The summed E-state index contributed by atoms with van der Waals surface area (Å²) in [6, 6.07) is 0.948. The minimum absolute atomic E-state index is 0.146. The van der Waals surface area contributed by atoms with Crippen LogP contribution in [0.15, 0.2) is 0 Å². The average molecular weight is 272 g/mol. The molecule has 0 unspecified atom stereocenters. The van der Waals surface area contributed by atoms with E-state index in [4.69, 9.17) is 9.84 Å². The van der Waals surface area contributed by atoms with E-state index < -0.39 is 0 Å². The lowest BCUT2D eigenvalue weighted by Gasteiger charge is -2.37. The molecule has 2 fully saturated rings. The molecule has 0 aromatic heterocycles. The Morgan fingerprint density at radius 1 is 1.00 bits per heavy atom. The average Bonchev–Trinajstić information content (AvgIpc) is 2.45. The smallest absolute Gasteiger partial charge is 0.127 e. The summed E-state index contributed by atoms with van der Waals surface area (Å²) in [5, 5.41) is 8.67. The van der Waals surface area contributed by atoms with Crippen molar-refractivity contribution in [2.24, 2.45) is 5.92 Å². The molecule has 0 radical (unpaired) electrons. The van der Waals surface area contributed by atoms with E-state index >= 15 is 0 Å². The quantitative estimate of drug-likeness (QED) is 0.507. The predicted octanol–water partition coefficient (Wildman–Crippen LogP) is -1.64. The van der Waals surface area contributed by atoms with Gasteiger partial charge in [0, 0.05) is 0 Å². The number of hydrogen-bond acceptors (Lipinski definition) is 2. The first-order chi connectivity index (χ1) is 9.29. The number of aliphatic hydroxyl groups excluding tert-OH is 1. The van der Waals surface area contributed by atoms with E-state index in [0.29, 0.717) is 6.61 Å². The van der Waals surface area contributed by atoms with Gasteiger partial charge in [0.2, 0.25) is 0 Å². The Hall–Kier alpha value is -0.160. The molecule has 1 saturated heterocycles. The topological polar surface area (TPSA) is 38.3 Å². The van der Waals surface area contributed by atoms with Gasteiger partial charge in [-0.25, -0.2) is 0 Å². The highest BCUT2D eigenvalue weighted by molar-refractivity contribution is 4.69. The van der Waals surface area contributed by atoms with Gasteiger partial charge in [-0.2, -0.15) is 0 Å². The van der Waals surface area contributed by atoms with Gasteiger partial charge in [-0.1, -0.05) is 6.92 Å². The van der Waals surface area contributed by atoms with Crippen molar-refractivity contribution >= 4 is 0 Å². The summed E-state index contributed by atoms with van der Waals surface area (Å²) in [6.45, 7) is 10.2. The Bertz CT molecular complexity index is 234. The van der Waals surface area contributed by atoms with Gasteiger partial charge >= 0.3 is 0 Å². The van der Waals surface area contributed by atoms with Crippen LogP contribution in [-0.4, -0.2) is 63.7 Å². The van der Waals surface area contributed by atoms with Gasteiger partial charge in [-0.3, -0.25) is 0 Å². The van der Waals surface area contributed by atoms with E-state index in [1.54, 1.807) is 4.90 Å². The van der Waals surface area contributed by atoms with E-state index in [9.17, 15) is 0 Å². The van der Waals surface area contributed by atoms with Crippen molar-refractivity contribution in [2.75, 3.05) is 52.5 Å². The molecule has 0 bridgehead atoms. The lowest BCUT2D eigenvalue weighted by molar-refractivity contribution is -1.02. The van der Waals surface area contributed by atoms with E-state index in [1.807, 2.05) is 4.90 Å². The maximum absolute atomic E-state index is 8.67. The lowest BCUT2D eigenvalue weighted by Crippen LogP contribution is -3.29. The first kappa shape index (κ1) is 15.2. The SMILES string of the molecule is CC1CCC([NH+]2CC[NH+](CCOCCO)CC2)CC1. The number of piperazine rings is 1. The van der Waals surface area contributed by atoms with Crippen LogP contribution < -0.4 is 9.80 Å². The number of hydrogen-bond donors (Lipinski definition) is 3. The molecule has 0 atom stereocenters. The van der Waals surface area contributed by atoms with Gasteiger partial charge in [0.25, 0.3) is 0 Å². The highest BCUT2D eigenvalue weighted by Crippen LogP contribution is 2.21. The zero-order valence-corrected chi connectivity index (χ0v) is 12.5.